The van der Waals surface area contributed by atoms with Crippen LogP contribution in [0.4, 0.5) is 5.69 Å². The summed E-state index contributed by atoms with van der Waals surface area (Å²) < 4.78 is 1.01. The van der Waals surface area contributed by atoms with Gasteiger partial charge < -0.3 is 10.2 Å². The van der Waals surface area contributed by atoms with Gasteiger partial charge in [0.1, 0.15) is 0 Å². The summed E-state index contributed by atoms with van der Waals surface area (Å²) in [5.41, 5.74) is 0.842. The molecule has 1 aliphatic heterocycles. The van der Waals surface area contributed by atoms with Crippen molar-refractivity contribution in [3.63, 3.8) is 0 Å². The Hall–Kier alpha value is -0.910. The smallest absolute Gasteiger partial charge is 0.238 e. The van der Waals surface area contributed by atoms with Gasteiger partial charge in [0, 0.05) is 23.2 Å². The highest BCUT2D eigenvalue weighted by atomic mass is 79.9. The molecular weight excluding hydrogens is 330 g/mol. The van der Waals surface area contributed by atoms with E-state index in [1.165, 1.54) is 19.4 Å². The van der Waals surface area contributed by atoms with Gasteiger partial charge in [-0.05, 0) is 63.7 Å². The largest absolute Gasteiger partial charge is 0.325 e. The number of likely N-dealkylation sites (N-methyl/N-ethyl adjacent to an activating group) is 1. The number of amides is 1. The number of likely N-dealkylation sites (tertiary alicyclic amines) is 1. The molecule has 0 saturated carbocycles. The highest BCUT2D eigenvalue weighted by molar-refractivity contribution is 9.10. The van der Waals surface area contributed by atoms with Crippen LogP contribution in [0.5, 0.6) is 0 Å². The molecule has 2 rings (SSSR count). The van der Waals surface area contributed by atoms with Crippen LogP contribution in [0.25, 0.3) is 0 Å². The lowest BCUT2D eigenvalue weighted by atomic mass is 9.98. The van der Waals surface area contributed by atoms with Gasteiger partial charge in [-0.1, -0.05) is 15.9 Å². The summed E-state index contributed by atoms with van der Waals surface area (Å²) in [6.07, 6.45) is 2.53. The zero-order valence-electron chi connectivity index (χ0n) is 12.8. The second-order valence-corrected chi connectivity index (χ2v) is 6.94. The van der Waals surface area contributed by atoms with E-state index in [-0.39, 0.29) is 5.91 Å². The lowest BCUT2D eigenvalue weighted by Gasteiger charge is -2.32. The lowest BCUT2D eigenvalue weighted by molar-refractivity contribution is -0.117. The molecule has 5 heteroatoms. The number of nitrogens with zero attached hydrogens (tertiary/aromatic N) is 2. The predicted octanol–water partition coefficient (Wildman–Crippen LogP) is 2.66. The summed E-state index contributed by atoms with van der Waals surface area (Å²) in [5.74, 6) is 0.721. The maximum Gasteiger partial charge on any atom is 0.238 e. The summed E-state index contributed by atoms with van der Waals surface area (Å²) in [4.78, 5) is 16.5. The van der Waals surface area contributed by atoms with Gasteiger partial charge in [-0.25, -0.2) is 0 Å². The highest BCUT2D eigenvalue weighted by Gasteiger charge is 2.19. The Kier molecular flexibility index (Phi) is 6.21. The molecule has 0 radical (unpaired) electrons. The van der Waals surface area contributed by atoms with Crippen molar-refractivity contribution in [2.24, 2.45) is 5.92 Å². The second kappa shape index (κ2) is 7.92. The summed E-state index contributed by atoms with van der Waals surface area (Å²) in [6, 6.07) is 7.66. The predicted molar refractivity (Wildman–Crippen MR) is 90.5 cm³/mol. The molecule has 4 nitrogen and oxygen atoms in total. The Morgan fingerprint density at radius 3 is 2.81 bits per heavy atom. The first-order chi connectivity index (χ1) is 10.0. The Morgan fingerprint density at radius 1 is 1.43 bits per heavy atom. The third kappa shape index (κ3) is 5.77. The minimum absolute atomic E-state index is 0.0454. The van der Waals surface area contributed by atoms with Crippen molar-refractivity contribution < 1.29 is 4.79 Å². The van der Waals surface area contributed by atoms with E-state index in [1.807, 2.05) is 31.3 Å². The molecule has 1 amide bonds. The van der Waals surface area contributed by atoms with Gasteiger partial charge in [-0.15, -0.1) is 0 Å². The molecule has 1 aliphatic rings. The first kappa shape index (κ1) is 16.5. The summed E-state index contributed by atoms with van der Waals surface area (Å²) in [6.45, 7) is 3.76. The Labute approximate surface area is 135 Å². The molecule has 1 N–H and O–H groups in total. The molecule has 1 saturated heterocycles. The fourth-order valence-corrected chi connectivity index (χ4v) is 3.17. The molecule has 0 aliphatic carbocycles. The van der Waals surface area contributed by atoms with Crippen molar-refractivity contribution in [3.05, 3.63) is 28.7 Å². The van der Waals surface area contributed by atoms with Crippen LogP contribution < -0.4 is 5.32 Å². The van der Waals surface area contributed by atoms with Crippen molar-refractivity contribution in [1.29, 1.82) is 0 Å². The highest BCUT2D eigenvalue weighted by Crippen LogP contribution is 2.16. The van der Waals surface area contributed by atoms with Gasteiger partial charge in [0.15, 0.2) is 0 Å². The van der Waals surface area contributed by atoms with Crippen LogP contribution in [0.15, 0.2) is 28.7 Å². The van der Waals surface area contributed by atoms with E-state index >= 15 is 0 Å². The van der Waals surface area contributed by atoms with Crippen LogP contribution in [-0.2, 0) is 4.79 Å². The number of anilines is 1. The SMILES string of the molecule is CN1CCCC(CN(C)CC(=O)Nc2ccc(Br)cc2)C1. The van der Waals surface area contributed by atoms with Crippen LogP contribution in [0.1, 0.15) is 12.8 Å². The van der Waals surface area contributed by atoms with E-state index in [1.54, 1.807) is 0 Å². The molecule has 1 aromatic carbocycles. The minimum Gasteiger partial charge on any atom is -0.325 e. The van der Waals surface area contributed by atoms with Crippen molar-refractivity contribution in [2.75, 3.05) is 45.6 Å². The monoisotopic (exact) mass is 353 g/mol. The van der Waals surface area contributed by atoms with Crippen molar-refractivity contribution in [3.8, 4) is 0 Å². The molecule has 0 spiro atoms. The average Bonchev–Trinajstić information content (AvgIpc) is 2.41. The van der Waals surface area contributed by atoms with E-state index in [0.29, 0.717) is 12.5 Å². The molecule has 116 valence electrons. The first-order valence-electron chi connectivity index (χ1n) is 7.45. The fraction of sp³-hybridized carbons (Fsp3) is 0.562. The number of carbonyl (C=O) groups is 1. The van der Waals surface area contributed by atoms with Crippen LogP contribution in [-0.4, -0.2) is 56.0 Å². The molecular formula is C16H24BrN3O. The summed E-state index contributed by atoms with van der Waals surface area (Å²) >= 11 is 3.39. The minimum atomic E-state index is 0.0454. The third-order valence-corrected chi connectivity index (χ3v) is 4.36. The number of hydrogen-bond acceptors (Lipinski definition) is 3. The first-order valence-corrected chi connectivity index (χ1v) is 8.25. The molecule has 0 bridgehead atoms. The van der Waals surface area contributed by atoms with E-state index in [0.717, 1.165) is 23.2 Å². The number of benzene rings is 1. The molecule has 1 unspecified atom stereocenters. The van der Waals surface area contributed by atoms with E-state index < -0.39 is 0 Å². The number of halogens is 1. The van der Waals surface area contributed by atoms with E-state index in [2.05, 4.69) is 38.1 Å². The normalized spacial score (nSPS) is 19.7. The van der Waals surface area contributed by atoms with Crippen LogP contribution >= 0.6 is 15.9 Å². The molecule has 21 heavy (non-hydrogen) atoms. The molecule has 1 aromatic rings. The van der Waals surface area contributed by atoms with E-state index in [9.17, 15) is 4.79 Å². The second-order valence-electron chi connectivity index (χ2n) is 6.02. The van der Waals surface area contributed by atoms with Gasteiger partial charge in [-0.2, -0.15) is 0 Å². The maximum atomic E-state index is 12.0. The maximum absolute atomic E-state index is 12.0. The van der Waals surface area contributed by atoms with Crippen LogP contribution in [0.3, 0.4) is 0 Å². The molecule has 1 atom stereocenters. The number of carbonyl (C=O) groups excluding carboxylic acids is 1. The number of rotatable bonds is 5. The van der Waals surface area contributed by atoms with Gasteiger partial charge >= 0.3 is 0 Å². The summed E-state index contributed by atoms with van der Waals surface area (Å²) in [7, 11) is 4.20. The zero-order valence-corrected chi connectivity index (χ0v) is 14.4. The number of hydrogen-bond donors (Lipinski definition) is 1. The van der Waals surface area contributed by atoms with Crippen molar-refractivity contribution in [2.45, 2.75) is 12.8 Å². The quantitative estimate of drug-likeness (QED) is 0.883. The standard InChI is InChI=1S/C16H24BrN3O/c1-19-9-3-4-13(10-19)11-20(2)12-16(21)18-15-7-5-14(17)6-8-15/h5-8,13H,3-4,9-12H2,1-2H3,(H,18,21). The van der Waals surface area contributed by atoms with E-state index in [4.69, 9.17) is 0 Å². The Balaban J connectivity index is 1.75. The third-order valence-electron chi connectivity index (χ3n) is 3.83. The average molecular weight is 354 g/mol. The van der Waals surface area contributed by atoms with Crippen LogP contribution in [0, 0.1) is 5.92 Å². The molecule has 1 heterocycles. The Morgan fingerprint density at radius 2 is 2.14 bits per heavy atom. The number of nitrogens with one attached hydrogen (secondary N) is 1. The zero-order chi connectivity index (χ0) is 15.2. The molecule has 1 fully saturated rings. The summed E-state index contributed by atoms with van der Waals surface area (Å²) in [5, 5.41) is 2.93. The van der Waals surface area contributed by atoms with Gasteiger partial charge in [0.2, 0.25) is 5.91 Å². The molecule has 0 aromatic heterocycles. The fourth-order valence-electron chi connectivity index (χ4n) is 2.91. The van der Waals surface area contributed by atoms with Crippen LogP contribution in [0.2, 0.25) is 0 Å². The topological polar surface area (TPSA) is 35.6 Å². The van der Waals surface area contributed by atoms with Gasteiger partial charge in [0.25, 0.3) is 0 Å². The van der Waals surface area contributed by atoms with Crippen molar-refractivity contribution in [1.82, 2.24) is 9.80 Å². The Bertz CT molecular complexity index is 463. The van der Waals surface area contributed by atoms with Crippen molar-refractivity contribution >= 4 is 27.5 Å². The number of piperidine rings is 1. The van der Waals surface area contributed by atoms with Gasteiger partial charge in [-0.3, -0.25) is 9.69 Å². The lowest BCUT2D eigenvalue weighted by Crippen LogP contribution is -2.40. The van der Waals surface area contributed by atoms with Gasteiger partial charge in [0.05, 0.1) is 6.54 Å².